The van der Waals surface area contributed by atoms with Crippen LogP contribution in [0.25, 0.3) is 0 Å². The van der Waals surface area contributed by atoms with E-state index in [-0.39, 0.29) is 0 Å². The van der Waals surface area contributed by atoms with Crippen LogP contribution in [0.15, 0.2) is 18.5 Å². The molecule has 1 aromatic heterocycles. The van der Waals surface area contributed by atoms with Crippen LogP contribution < -0.4 is 10.0 Å². The van der Waals surface area contributed by atoms with Gasteiger partial charge in [-0.1, -0.05) is 0 Å². The van der Waals surface area contributed by atoms with E-state index in [1.54, 1.807) is 18.5 Å². The summed E-state index contributed by atoms with van der Waals surface area (Å²) in [6, 6.07) is 1.79. The minimum absolute atomic E-state index is 0.375. The molecule has 0 spiro atoms. The molecule has 1 unspecified atom stereocenters. The van der Waals surface area contributed by atoms with Crippen molar-refractivity contribution in [1.82, 2.24) is 14.6 Å². The first-order valence-corrected chi connectivity index (χ1v) is 8.30. The number of aryl methyl sites for hydroxylation is 1. The van der Waals surface area contributed by atoms with Crippen LogP contribution >= 0.6 is 0 Å². The lowest BCUT2D eigenvalue weighted by molar-refractivity contribution is 0.264. The number of anilines is 1. The van der Waals surface area contributed by atoms with Crippen molar-refractivity contribution in [2.24, 2.45) is 5.92 Å². The highest BCUT2D eigenvalue weighted by atomic mass is 32.2. The third-order valence-electron chi connectivity index (χ3n) is 3.59. The zero-order valence-corrected chi connectivity index (χ0v) is 12.8. The van der Waals surface area contributed by atoms with Crippen molar-refractivity contribution in [3.8, 4) is 0 Å². The third kappa shape index (κ3) is 3.68. The average Bonchev–Trinajstić information content (AvgIpc) is 2.42. The maximum Gasteiger partial charge on any atom is 0.301 e. The van der Waals surface area contributed by atoms with Crippen LogP contribution in [0.3, 0.4) is 0 Å². The lowest BCUT2D eigenvalue weighted by Crippen LogP contribution is -2.44. The zero-order chi connectivity index (χ0) is 14.6. The van der Waals surface area contributed by atoms with Crippen molar-refractivity contribution in [1.29, 1.82) is 0 Å². The zero-order valence-electron chi connectivity index (χ0n) is 12.0. The minimum Gasteiger partial charge on any atom is -0.319 e. The summed E-state index contributed by atoms with van der Waals surface area (Å²) < 4.78 is 29.0. The largest absolute Gasteiger partial charge is 0.319 e. The van der Waals surface area contributed by atoms with Crippen LogP contribution in [0.1, 0.15) is 18.4 Å². The first-order valence-electron chi connectivity index (χ1n) is 6.86. The van der Waals surface area contributed by atoms with E-state index in [0.29, 0.717) is 24.7 Å². The Balaban J connectivity index is 2.08. The van der Waals surface area contributed by atoms with Crippen molar-refractivity contribution in [2.75, 3.05) is 31.4 Å². The van der Waals surface area contributed by atoms with Gasteiger partial charge in [0.15, 0.2) is 0 Å². The maximum absolute atomic E-state index is 12.4. The summed E-state index contributed by atoms with van der Waals surface area (Å²) in [5, 5.41) is 3.12. The van der Waals surface area contributed by atoms with Gasteiger partial charge in [0.05, 0.1) is 11.9 Å². The molecule has 2 rings (SSSR count). The first-order chi connectivity index (χ1) is 9.53. The Hall–Kier alpha value is -1.18. The van der Waals surface area contributed by atoms with E-state index in [9.17, 15) is 8.42 Å². The number of nitrogens with zero attached hydrogens (tertiary/aromatic N) is 2. The Morgan fingerprint density at radius 2 is 2.30 bits per heavy atom. The molecular formula is C13H22N4O2S. The average molecular weight is 298 g/mol. The molecule has 0 saturated carbocycles. The van der Waals surface area contributed by atoms with Gasteiger partial charge in [0, 0.05) is 19.3 Å². The molecule has 6 nitrogen and oxygen atoms in total. The number of pyridine rings is 1. The Morgan fingerprint density at radius 3 is 3.00 bits per heavy atom. The summed E-state index contributed by atoms with van der Waals surface area (Å²) in [6.45, 7) is 3.85. The fraction of sp³-hybridized carbons (Fsp3) is 0.615. The monoisotopic (exact) mass is 298 g/mol. The first kappa shape index (κ1) is 15.2. The molecule has 112 valence electrons. The van der Waals surface area contributed by atoms with Gasteiger partial charge in [0.25, 0.3) is 0 Å². The second-order valence-corrected chi connectivity index (χ2v) is 6.89. The molecule has 1 aliphatic heterocycles. The van der Waals surface area contributed by atoms with Crippen LogP contribution in [-0.2, 0) is 10.2 Å². The van der Waals surface area contributed by atoms with Crippen molar-refractivity contribution in [3.63, 3.8) is 0 Å². The molecular weight excluding hydrogens is 276 g/mol. The highest BCUT2D eigenvalue weighted by Crippen LogP contribution is 2.21. The van der Waals surface area contributed by atoms with E-state index in [2.05, 4.69) is 15.0 Å². The summed E-state index contributed by atoms with van der Waals surface area (Å²) in [5.74, 6) is 0.375. The number of piperidine rings is 1. The molecule has 0 radical (unpaired) electrons. The van der Waals surface area contributed by atoms with Gasteiger partial charge in [0.2, 0.25) is 0 Å². The lowest BCUT2D eigenvalue weighted by atomic mass is 10.00. The molecule has 1 fully saturated rings. The minimum atomic E-state index is -3.49. The SMILES string of the molecule is CNCC1CCCN(S(=O)(=O)Nc2cnccc2C)C1. The Bertz CT molecular complexity index is 545. The van der Waals surface area contributed by atoms with Crippen LogP contribution in [0.4, 0.5) is 5.69 Å². The molecule has 0 aliphatic carbocycles. The van der Waals surface area contributed by atoms with Crippen molar-refractivity contribution in [3.05, 3.63) is 24.0 Å². The maximum atomic E-state index is 12.4. The van der Waals surface area contributed by atoms with Crippen LogP contribution in [0, 0.1) is 12.8 Å². The van der Waals surface area contributed by atoms with Gasteiger partial charge in [-0.3, -0.25) is 9.71 Å². The second kappa shape index (κ2) is 6.51. The number of aromatic nitrogens is 1. The van der Waals surface area contributed by atoms with Gasteiger partial charge in [-0.2, -0.15) is 12.7 Å². The van der Waals surface area contributed by atoms with Gasteiger partial charge in [-0.05, 0) is 50.9 Å². The Morgan fingerprint density at radius 1 is 1.50 bits per heavy atom. The van der Waals surface area contributed by atoms with Crippen LogP contribution in [-0.4, -0.2) is 44.4 Å². The van der Waals surface area contributed by atoms with Gasteiger partial charge in [-0.15, -0.1) is 0 Å². The number of nitrogens with one attached hydrogen (secondary N) is 2. The van der Waals surface area contributed by atoms with E-state index >= 15 is 0 Å². The van der Waals surface area contributed by atoms with Crippen LogP contribution in [0.2, 0.25) is 0 Å². The smallest absolute Gasteiger partial charge is 0.301 e. The molecule has 7 heteroatoms. The quantitative estimate of drug-likeness (QED) is 0.850. The van der Waals surface area contributed by atoms with Gasteiger partial charge >= 0.3 is 10.2 Å². The highest BCUT2D eigenvalue weighted by molar-refractivity contribution is 7.90. The molecule has 1 atom stereocenters. The summed E-state index contributed by atoms with van der Waals surface area (Å²) >= 11 is 0. The molecule has 2 heterocycles. The third-order valence-corrected chi connectivity index (χ3v) is 5.08. The van der Waals surface area contributed by atoms with E-state index in [1.807, 2.05) is 14.0 Å². The molecule has 0 amide bonds. The summed E-state index contributed by atoms with van der Waals surface area (Å²) in [5.41, 5.74) is 1.41. The van der Waals surface area contributed by atoms with E-state index in [4.69, 9.17) is 0 Å². The second-order valence-electron chi connectivity index (χ2n) is 5.22. The lowest BCUT2D eigenvalue weighted by Gasteiger charge is -2.32. The summed E-state index contributed by atoms with van der Waals surface area (Å²) in [7, 11) is -1.60. The number of rotatable bonds is 5. The Kier molecular flexibility index (Phi) is 4.95. The topological polar surface area (TPSA) is 74.3 Å². The standard InChI is InChI=1S/C13H22N4O2S/c1-11-5-6-15-9-13(11)16-20(18,19)17-7-3-4-12(10-17)8-14-2/h5-6,9,12,14,16H,3-4,7-8,10H2,1-2H3. The van der Waals surface area contributed by atoms with Gasteiger partial charge < -0.3 is 5.32 Å². The molecule has 1 aromatic rings. The number of hydrogen-bond donors (Lipinski definition) is 2. The highest BCUT2D eigenvalue weighted by Gasteiger charge is 2.28. The summed E-state index contributed by atoms with van der Waals surface area (Å²) in [4.78, 5) is 3.96. The Labute approximate surface area is 120 Å². The normalized spacial score (nSPS) is 20.8. The molecule has 0 bridgehead atoms. The van der Waals surface area contributed by atoms with Gasteiger partial charge in [-0.25, -0.2) is 0 Å². The summed E-state index contributed by atoms with van der Waals surface area (Å²) in [6.07, 6.45) is 5.16. The fourth-order valence-electron chi connectivity index (χ4n) is 2.47. The molecule has 0 aromatic carbocycles. The van der Waals surface area contributed by atoms with Crippen molar-refractivity contribution in [2.45, 2.75) is 19.8 Å². The molecule has 2 N–H and O–H groups in total. The molecule has 1 aliphatic rings. The van der Waals surface area contributed by atoms with Crippen molar-refractivity contribution >= 4 is 15.9 Å². The fourth-order valence-corrected chi connectivity index (χ4v) is 3.87. The number of hydrogen-bond acceptors (Lipinski definition) is 4. The van der Waals surface area contributed by atoms with Crippen molar-refractivity contribution < 1.29 is 8.42 Å². The molecule has 1 saturated heterocycles. The van der Waals surface area contributed by atoms with E-state index in [1.165, 1.54) is 4.31 Å². The predicted octanol–water partition coefficient (Wildman–Crippen LogP) is 0.978. The van der Waals surface area contributed by atoms with E-state index in [0.717, 1.165) is 24.9 Å². The van der Waals surface area contributed by atoms with E-state index < -0.39 is 10.2 Å². The predicted molar refractivity (Wildman–Crippen MR) is 79.7 cm³/mol. The molecule has 20 heavy (non-hydrogen) atoms. The van der Waals surface area contributed by atoms with Crippen LogP contribution in [0.5, 0.6) is 0 Å². The van der Waals surface area contributed by atoms with Gasteiger partial charge in [0.1, 0.15) is 0 Å².